The summed E-state index contributed by atoms with van der Waals surface area (Å²) in [6.07, 6.45) is 1.92. The van der Waals surface area contributed by atoms with Crippen LogP contribution in [0.25, 0.3) is 10.8 Å². The van der Waals surface area contributed by atoms with E-state index in [1.54, 1.807) is 12.3 Å². The van der Waals surface area contributed by atoms with Gasteiger partial charge < -0.3 is 0 Å². The first kappa shape index (κ1) is 10.8. The van der Waals surface area contributed by atoms with E-state index in [4.69, 9.17) is 5.26 Å². The molecule has 16 heavy (non-hydrogen) atoms. The molecule has 80 valence electrons. The van der Waals surface area contributed by atoms with Crippen molar-refractivity contribution in [3.05, 3.63) is 39.2 Å². The summed E-state index contributed by atoms with van der Waals surface area (Å²) in [4.78, 5) is 12.0. The van der Waals surface area contributed by atoms with Crippen LogP contribution in [0.15, 0.2) is 33.7 Å². The van der Waals surface area contributed by atoms with Gasteiger partial charge in [-0.3, -0.25) is 4.79 Å². The van der Waals surface area contributed by atoms with E-state index in [-0.39, 0.29) is 12.0 Å². The lowest BCUT2D eigenvalue weighted by atomic mass is 10.2. The Hall–Kier alpha value is -1.67. The maximum atomic E-state index is 12.0. The highest BCUT2D eigenvalue weighted by atomic mass is 79.9. The fourth-order valence-corrected chi connectivity index (χ4v) is 1.83. The molecular formula is C11H8BrN3O. The fraction of sp³-hybridized carbons (Fsp3) is 0.182. The van der Waals surface area contributed by atoms with Crippen LogP contribution >= 0.6 is 15.9 Å². The molecular weight excluding hydrogens is 270 g/mol. The molecule has 0 saturated carbocycles. The lowest BCUT2D eigenvalue weighted by molar-refractivity contribution is 0.595. The van der Waals surface area contributed by atoms with Gasteiger partial charge in [-0.05, 0) is 12.1 Å². The van der Waals surface area contributed by atoms with Gasteiger partial charge in [-0.25, -0.2) is 4.68 Å². The van der Waals surface area contributed by atoms with Gasteiger partial charge in [0, 0.05) is 9.86 Å². The summed E-state index contributed by atoms with van der Waals surface area (Å²) in [7, 11) is 0. The third kappa shape index (κ3) is 1.97. The van der Waals surface area contributed by atoms with Gasteiger partial charge in [-0.1, -0.05) is 22.0 Å². The lowest BCUT2D eigenvalue weighted by Gasteiger charge is -2.03. The largest absolute Gasteiger partial charge is 0.274 e. The van der Waals surface area contributed by atoms with Gasteiger partial charge in [0.1, 0.15) is 0 Å². The number of halogens is 1. The Kier molecular flexibility index (Phi) is 3.02. The molecule has 2 aromatic rings. The van der Waals surface area contributed by atoms with Crippen molar-refractivity contribution in [2.24, 2.45) is 0 Å². The maximum Gasteiger partial charge on any atom is 0.274 e. The minimum Gasteiger partial charge on any atom is -0.267 e. The molecule has 0 N–H and O–H groups in total. The van der Waals surface area contributed by atoms with Crippen LogP contribution in [0.2, 0.25) is 0 Å². The Bertz CT molecular complexity index is 627. The minimum atomic E-state index is -0.158. The summed E-state index contributed by atoms with van der Waals surface area (Å²) < 4.78 is 2.17. The summed E-state index contributed by atoms with van der Waals surface area (Å²) >= 11 is 3.32. The Morgan fingerprint density at radius 1 is 1.50 bits per heavy atom. The van der Waals surface area contributed by atoms with Crippen LogP contribution < -0.4 is 5.56 Å². The molecule has 0 spiro atoms. The zero-order valence-corrected chi connectivity index (χ0v) is 9.94. The molecule has 0 amide bonds. The number of nitrogens with zero attached hydrogens (tertiary/aromatic N) is 3. The summed E-state index contributed by atoms with van der Waals surface area (Å²) in [6.45, 7) is 0.331. The standard InChI is InChI=1S/C11H8BrN3O/c12-9-3-2-8-7-14-15(5-1-4-13)11(16)10(8)6-9/h2-3,6-7H,1,5H2. The van der Waals surface area contributed by atoms with Crippen LogP contribution in [0.1, 0.15) is 6.42 Å². The molecule has 0 atom stereocenters. The van der Waals surface area contributed by atoms with Crippen LogP contribution in [0.5, 0.6) is 0 Å². The van der Waals surface area contributed by atoms with Crippen molar-refractivity contribution in [2.45, 2.75) is 13.0 Å². The second-order valence-electron chi connectivity index (χ2n) is 3.31. The monoisotopic (exact) mass is 277 g/mol. The maximum absolute atomic E-state index is 12.0. The van der Waals surface area contributed by atoms with Crippen molar-refractivity contribution in [3.8, 4) is 6.07 Å². The van der Waals surface area contributed by atoms with E-state index in [1.165, 1.54) is 4.68 Å². The summed E-state index contributed by atoms with van der Waals surface area (Å²) in [5.41, 5.74) is -0.158. The topological polar surface area (TPSA) is 58.7 Å². The van der Waals surface area contributed by atoms with Gasteiger partial charge in [0.05, 0.1) is 30.6 Å². The molecule has 0 unspecified atom stereocenters. The van der Waals surface area contributed by atoms with E-state index >= 15 is 0 Å². The molecule has 0 aliphatic carbocycles. The molecule has 0 aliphatic rings. The third-order valence-electron chi connectivity index (χ3n) is 2.25. The zero-order chi connectivity index (χ0) is 11.5. The third-order valence-corrected chi connectivity index (χ3v) is 2.75. The summed E-state index contributed by atoms with van der Waals surface area (Å²) in [5, 5.41) is 13.9. The second-order valence-corrected chi connectivity index (χ2v) is 4.23. The number of fused-ring (bicyclic) bond motifs is 1. The van der Waals surface area contributed by atoms with Crippen molar-refractivity contribution in [1.82, 2.24) is 9.78 Å². The molecule has 1 aromatic heterocycles. The van der Waals surface area contributed by atoms with Gasteiger partial charge in [0.25, 0.3) is 5.56 Å². The van der Waals surface area contributed by atoms with Crippen molar-refractivity contribution in [1.29, 1.82) is 5.26 Å². The summed E-state index contributed by atoms with van der Waals surface area (Å²) in [5.74, 6) is 0. The highest BCUT2D eigenvalue weighted by molar-refractivity contribution is 9.10. The Morgan fingerprint density at radius 3 is 3.06 bits per heavy atom. The van der Waals surface area contributed by atoms with Gasteiger partial charge in [-0.2, -0.15) is 10.4 Å². The first-order valence-corrected chi connectivity index (χ1v) is 5.54. The highest BCUT2D eigenvalue weighted by Crippen LogP contribution is 2.15. The molecule has 0 saturated heterocycles. The highest BCUT2D eigenvalue weighted by Gasteiger charge is 2.03. The van der Waals surface area contributed by atoms with Gasteiger partial charge in [0.15, 0.2) is 0 Å². The molecule has 1 heterocycles. The molecule has 0 bridgehead atoms. The minimum absolute atomic E-state index is 0.158. The fourth-order valence-electron chi connectivity index (χ4n) is 1.46. The number of benzene rings is 1. The predicted molar refractivity (Wildman–Crippen MR) is 63.9 cm³/mol. The van der Waals surface area contributed by atoms with Crippen LogP contribution in [0.4, 0.5) is 0 Å². The van der Waals surface area contributed by atoms with Gasteiger partial charge >= 0.3 is 0 Å². The molecule has 0 fully saturated rings. The quantitative estimate of drug-likeness (QED) is 0.845. The first-order chi connectivity index (χ1) is 7.72. The molecule has 1 aromatic carbocycles. The van der Waals surface area contributed by atoms with E-state index in [1.807, 2.05) is 18.2 Å². The first-order valence-electron chi connectivity index (χ1n) is 4.75. The Morgan fingerprint density at radius 2 is 2.31 bits per heavy atom. The lowest BCUT2D eigenvalue weighted by Crippen LogP contribution is -2.22. The van der Waals surface area contributed by atoms with E-state index in [2.05, 4.69) is 21.0 Å². The van der Waals surface area contributed by atoms with Gasteiger partial charge in [-0.15, -0.1) is 0 Å². The average Bonchev–Trinajstić information content (AvgIpc) is 2.29. The van der Waals surface area contributed by atoms with Crippen molar-refractivity contribution in [3.63, 3.8) is 0 Å². The zero-order valence-electron chi connectivity index (χ0n) is 8.35. The Balaban J connectivity index is 2.60. The van der Waals surface area contributed by atoms with E-state index in [0.717, 1.165) is 9.86 Å². The molecule has 0 radical (unpaired) electrons. The van der Waals surface area contributed by atoms with E-state index < -0.39 is 0 Å². The molecule has 0 aliphatic heterocycles. The van der Waals surface area contributed by atoms with Crippen LogP contribution in [0, 0.1) is 11.3 Å². The van der Waals surface area contributed by atoms with Crippen molar-refractivity contribution in [2.75, 3.05) is 0 Å². The van der Waals surface area contributed by atoms with Crippen molar-refractivity contribution < 1.29 is 0 Å². The second kappa shape index (κ2) is 4.45. The molecule has 4 nitrogen and oxygen atoms in total. The van der Waals surface area contributed by atoms with E-state index in [0.29, 0.717) is 11.9 Å². The Labute approximate surface area is 100 Å². The van der Waals surface area contributed by atoms with Crippen LogP contribution in [-0.4, -0.2) is 9.78 Å². The van der Waals surface area contributed by atoms with Crippen molar-refractivity contribution >= 4 is 26.7 Å². The summed E-state index contributed by atoms with van der Waals surface area (Å²) in [6, 6.07) is 7.46. The number of hydrogen-bond acceptors (Lipinski definition) is 3. The number of aryl methyl sites for hydroxylation is 1. The molecule has 5 heteroatoms. The number of nitriles is 1. The average molecular weight is 278 g/mol. The van der Waals surface area contributed by atoms with Crippen LogP contribution in [0.3, 0.4) is 0 Å². The smallest absolute Gasteiger partial charge is 0.267 e. The SMILES string of the molecule is N#CCCn1ncc2ccc(Br)cc2c1=O. The predicted octanol–water partition coefficient (Wildman–Crippen LogP) is 2.07. The number of aromatic nitrogens is 2. The normalized spacial score (nSPS) is 10.2. The molecule has 2 rings (SSSR count). The number of hydrogen-bond donors (Lipinski definition) is 0. The number of rotatable bonds is 2. The van der Waals surface area contributed by atoms with Crippen LogP contribution in [-0.2, 0) is 6.54 Å². The van der Waals surface area contributed by atoms with E-state index in [9.17, 15) is 4.79 Å². The van der Waals surface area contributed by atoms with Gasteiger partial charge in [0.2, 0.25) is 0 Å².